The molecule has 0 aliphatic heterocycles. The Bertz CT molecular complexity index is 1650. The zero-order valence-electron chi connectivity index (χ0n) is 21.1. The molecule has 10 nitrogen and oxygen atoms in total. The molecule has 1 N–H and O–H groups in total. The van der Waals surface area contributed by atoms with Gasteiger partial charge in [-0.2, -0.15) is 8.42 Å². The van der Waals surface area contributed by atoms with Gasteiger partial charge in [0.25, 0.3) is 10.1 Å². The van der Waals surface area contributed by atoms with E-state index < -0.39 is 10.1 Å². The number of hydrogen-bond acceptors (Lipinski definition) is 10. The lowest BCUT2D eigenvalue weighted by molar-refractivity contribution is 0.110. The number of fused-ring (bicyclic) bond motifs is 1. The number of halogens is 1. The lowest BCUT2D eigenvalue weighted by Gasteiger charge is -2.12. The topological polar surface area (TPSA) is 125 Å². The predicted octanol–water partition coefficient (Wildman–Crippen LogP) is 4.72. The molecule has 0 spiro atoms. The molecule has 0 bridgehead atoms. The van der Waals surface area contributed by atoms with E-state index in [1.807, 2.05) is 42.5 Å². The van der Waals surface area contributed by atoms with Crippen molar-refractivity contribution in [2.75, 3.05) is 24.8 Å². The normalized spacial score (nSPS) is 11.5. The molecule has 0 saturated heterocycles. The summed E-state index contributed by atoms with van der Waals surface area (Å²) in [6, 6.07) is 16.4. The van der Waals surface area contributed by atoms with Crippen LogP contribution in [0.1, 0.15) is 18.2 Å². The Hall–Kier alpha value is -4.24. The number of oxime groups is 1. The molecule has 0 aliphatic carbocycles. The van der Waals surface area contributed by atoms with Gasteiger partial charge in [-0.25, -0.2) is 9.97 Å². The quantitative estimate of drug-likeness (QED) is 0.0903. The van der Waals surface area contributed by atoms with Crippen LogP contribution < -0.4 is 10.1 Å². The first-order chi connectivity index (χ1) is 18.8. The largest absolute Gasteiger partial charge is 0.486 e. The molecule has 0 amide bonds. The van der Waals surface area contributed by atoms with Crippen LogP contribution in [0.15, 0.2) is 72.3 Å². The molecular weight excluding hydrogens is 542 g/mol. The second kappa shape index (κ2) is 13.0. The first kappa shape index (κ1) is 27.8. The molecule has 0 atom stereocenters. The highest BCUT2D eigenvalue weighted by Crippen LogP contribution is 2.31. The molecule has 4 rings (SSSR count). The number of anilines is 2. The lowest BCUT2D eigenvalue weighted by Crippen LogP contribution is -2.09. The summed E-state index contributed by atoms with van der Waals surface area (Å²) in [7, 11) is -3.56. The maximum Gasteiger partial charge on any atom is 0.264 e. The van der Waals surface area contributed by atoms with Crippen molar-refractivity contribution in [3.8, 4) is 17.6 Å². The Balaban J connectivity index is 1.52. The van der Waals surface area contributed by atoms with Crippen LogP contribution in [-0.2, 0) is 25.7 Å². The van der Waals surface area contributed by atoms with Gasteiger partial charge in [-0.1, -0.05) is 28.7 Å². The molecule has 0 radical (unpaired) electrons. The van der Waals surface area contributed by atoms with Crippen LogP contribution in [0.5, 0.6) is 5.75 Å². The molecule has 2 heterocycles. The van der Waals surface area contributed by atoms with Crippen LogP contribution >= 0.6 is 11.6 Å². The minimum absolute atomic E-state index is 0.0617. The number of nitrogens with zero attached hydrogens (tertiary/aromatic N) is 4. The molecule has 12 heteroatoms. The van der Waals surface area contributed by atoms with Crippen LogP contribution in [-0.4, -0.2) is 48.6 Å². The molecule has 0 fully saturated rings. The van der Waals surface area contributed by atoms with Crippen molar-refractivity contribution in [3.05, 3.63) is 83.4 Å². The minimum atomic E-state index is -3.56. The number of benzene rings is 2. The summed E-state index contributed by atoms with van der Waals surface area (Å²) < 4.78 is 32.6. The smallest absolute Gasteiger partial charge is 0.264 e. The predicted molar refractivity (Wildman–Crippen MR) is 150 cm³/mol. The van der Waals surface area contributed by atoms with Crippen molar-refractivity contribution in [2.24, 2.45) is 5.16 Å². The third-order valence-corrected chi connectivity index (χ3v) is 5.97. The van der Waals surface area contributed by atoms with Crippen molar-refractivity contribution in [1.82, 2.24) is 15.0 Å². The highest BCUT2D eigenvalue weighted by Gasteiger charge is 2.11. The van der Waals surface area contributed by atoms with Gasteiger partial charge < -0.3 is 14.9 Å². The fourth-order valence-electron chi connectivity index (χ4n) is 3.37. The van der Waals surface area contributed by atoms with Gasteiger partial charge in [-0.05, 0) is 61.4 Å². The van der Waals surface area contributed by atoms with Gasteiger partial charge in [-0.15, -0.1) is 0 Å². The Morgan fingerprint density at radius 2 is 1.95 bits per heavy atom. The van der Waals surface area contributed by atoms with E-state index in [1.54, 1.807) is 25.3 Å². The van der Waals surface area contributed by atoms with E-state index in [2.05, 4.69) is 41.4 Å². The summed E-state index contributed by atoms with van der Waals surface area (Å²) in [5.74, 6) is 6.78. The van der Waals surface area contributed by atoms with E-state index in [4.69, 9.17) is 21.2 Å². The molecule has 2 aromatic heterocycles. The molecule has 4 aromatic rings. The highest BCUT2D eigenvalue weighted by molar-refractivity contribution is 7.85. The minimum Gasteiger partial charge on any atom is -0.486 e. The zero-order valence-corrected chi connectivity index (χ0v) is 22.7. The fourth-order valence-corrected chi connectivity index (χ4v) is 3.98. The third kappa shape index (κ3) is 8.12. The van der Waals surface area contributed by atoms with Crippen LogP contribution in [0.3, 0.4) is 0 Å². The average molecular weight is 566 g/mol. The Morgan fingerprint density at radius 3 is 2.69 bits per heavy atom. The summed E-state index contributed by atoms with van der Waals surface area (Å²) >= 11 is 6.47. The number of nitrogens with one attached hydrogen (secondary N) is 1. The molecular formula is C27H24ClN5O5S. The van der Waals surface area contributed by atoms with Gasteiger partial charge >= 0.3 is 0 Å². The first-order valence-electron chi connectivity index (χ1n) is 11.6. The van der Waals surface area contributed by atoms with Crippen molar-refractivity contribution in [3.63, 3.8) is 0 Å². The molecule has 39 heavy (non-hydrogen) atoms. The second-order valence-electron chi connectivity index (χ2n) is 8.01. The Morgan fingerprint density at radius 1 is 1.08 bits per heavy atom. The summed E-state index contributed by atoms with van der Waals surface area (Å²) in [6.07, 6.45) is 4.13. The van der Waals surface area contributed by atoms with Crippen molar-refractivity contribution < 1.29 is 22.2 Å². The van der Waals surface area contributed by atoms with E-state index in [1.165, 1.54) is 6.33 Å². The number of ether oxygens (including phenoxy) is 1. The zero-order chi connectivity index (χ0) is 27.7. The fraction of sp³-hybridized carbons (Fsp3) is 0.185. The van der Waals surface area contributed by atoms with Crippen LogP contribution in [0.4, 0.5) is 11.5 Å². The number of rotatable bonds is 11. The van der Waals surface area contributed by atoms with Crippen LogP contribution in [0.25, 0.3) is 10.9 Å². The van der Waals surface area contributed by atoms with Gasteiger partial charge in [0.1, 0.15) is 37.7 Å². The molecule has 2 aromatic carbocycles. The van der Waals surface area contributed by atoms with Crippen molar-refractivity contribution >= 4 is 49.8 Å². The van der Waals surface area contributed by atoms with Gasteiger partial charge in [-0.3, -0.25) is 9.17 Å². The summed E-state index contributed by atoms with van der Waals surface area (Å²) in [4.78, 5) is 18.2. The summed E-state index contributed by atoms with van der Waals surface area (Å²) in [6.45, 7) is 1.75. The highest BCUT2D eigenvalue weighted by atomic mass is 35.5. The van der Waals surface area contributed by atoms with Crippen molar-refractivity contribution in [2.45, 2.75) is 13.5 Å². The van der Waals surface area contributed by atoms with E-state index in [9.17, 15) is 8.42 Å². The van der Waals surface area contributed by atoms with Gasteiger partial charge in [0.15, 0.2) is 5.71 Å². The van der Waals surface area contributed by atoms with E-state index in [-0.39, 0.29) is 13.2 Å². The van der Waals surface area contributed by atoms with E-state index in [0.717, 1.165) is 11.9 Å². The maximum atomic E-state index is 11.1. The van der Waals surface area contributed by atoms with Gasteiger partial charge in [0, 0.05) is 22.8 Å². The lowest BCUT2D eigenvalue weighted by atomic mass is 10.1. The van der Waals surface area contributed by atoms with Gasteiger partial charge in [0.05, 0.1) is 22.5 Å². The Labute approximate surface area is 231 Å². The van der Waals surface area contributed by atoms with Crippen LogP contribution in [0, 0.1) is 11.8 Å². The van der Waals surface area contributed by atoms with Gasteiger partial charge in [0.2, 0.25) is 0 Å². The standard InChI is InChI=1S/C27H24ClN5O5S/c1-3-6-24(33-37-13-14-38-39(2,34)35)19-8-10-25-22(15-19)27(31-18-30-25)32-20-9-11-26(23(28)16-20)36-17-21-7-4-5-12-29-21/h4-5,7-12,15-16,18H,13-14,17H2,1-2H3,(H,30,31,32)/b33-24+. The van der Waals surface area contributed by atoms with E-state index >= 15 is 0 Å². The molecule has 0 aliphatic rings. The van der Waals surface area contributed by atoms with E-state index in [0.29, 0.717) is 51.1 Å². The third-order valence-electron chi connectivity index (χ3n) is 5.08. The molecule has 0 saturated carbocycles. The average Bonchev–Trinajstić information content (AvgIpc) is 2.92. The molecule has 0 unspecified atom stereocenters. The number of hydrogen-bond donors (Lipinski definition) is 1. The maximum absolute atomic E-state index is 11.1. The first-order valence-corrected chi connectivity index (χ1v) is 13.8. The summed E-state index contributed by atoms with van der Waals surface area (Å²) in [5.41, 5.74) is 3.21. The monoisotopic (exact) mass is 565 g/mol. The van der Waals surface area contributed by atoms with Crippen molar-refractivity contribution in [1.29, 1.82) is 0 Å². The molecule has 200 valence electrons. The SMILES string of the molecule is CC#C/C(=N\OCCOS(C)(=O)=O)c1ccc2ncnc(Nc3ccc(OCc4ccccn4)c(Cl)c3)c2c1. The number of aromatic nitrogens is 3. The second-order valence-corrected chi connectivity index (χ2v) is 10.1. The van der Waals surface area contributed by atoms with Crippen LogP contribution in [0.2, 0.25) is 5.02 Å². The number of pyridine rings is 1. The Kier molecular flexibility index (Phi) is 9.27. The summed E-state index contributed by atoms with van der Waals surface area (Å²) in [5, 5.41) is 8.48.